The Balaban J connectivity index is 1.42. The molecule has 0 radical (unpaired) electrons. The predicted molar refractivity (Wildman–Crippen MR) is 156 cm³/mol. The Morgan fingerprint density at radius 3 is 1.50 bits per heavy atom. The van der Waals surface area contributed by atoms with Gasteiger partial charge < -0.3 is 4.57 Å². The molecule has 0 aliphatic rings. The molecule has 182 valence electrons. The van der Waals surface area contributed by atoms with Crippen LogP contribution in [-0.4, -0.2) is 19.3 Å². The van der Waals surface area contributed by atoms with Gasteiger partial charge in [-0.25, -0.2) is 0 Å². The summed E-state index contributed by atoms with van der Waals surface area (Å²) in [5.41, 5.74) is 9.04. The lowest BCUT2D eigenvalue weighted by molar-refractivity contribution is 1.06. The molecule has 4 heteroatoms. The first-order valence-electron chi connectivity index (χ1n) is 12.9. The molecule has 0 saturated carbocycles. The molecule has 0 amide bonds. The van der Waals surface area contributed by atoms with Crippen molar-refractivity contribution in [3.63, 3.8) is 0 Å². The fraction of sp³-hybridized carbons (Fsp3) is 0.0588. The number of para-hydroxylation sites is 2. The molecule has 0 aliphatic heterocycles. The molecule has 0 N–H and O–H groups in total. The van der Waals surface area contributed by atoms with Crippen LogP contribution in [0.2, 0.25) is 0 Å². The van der Waals surface area contributed by atoms with Crippen LogP contribution in [0, 0.1) is 13.8 Å². The zero-order valence-electron chi connectivity index (χ0n) is 21.3. The Morgan fingerprint density at radius 2 is 0.921 bits per heavy atom. The first kappa shape index (κ1) is 22.3. The Bertz CT molecular complexity index is 1850. The van der Waals surface area contributed by atoms with Crippen LogP contribution >= 0.6 is 0 Å². The van der Waals surface area contributed by atoms with Crippen LogP contribution in [-0.2, 0) is 0 Å². The van der Waals surface area contributed by atoms with E-state index >= 15 is 0 Å². The van der Waals surface area contributed by atoms with Crippen molar-refractivity contribution >= 4 is 21.8 Å². The lowest BCUT2D eigenvalue weighted by atomic mass is 10.1. The Hall–Kier alpha value is -4.96. The molecule has 2 heterocycles. The summed E-state index contributed by atoms with van der Waals surface area (Å²) in [5, 5.41) is 11.9. The number of nitrogens with zero attached hydrogens (tertiary/aromatic N) is 4. The van der Waals surface area contributed by atoms with Gasteiger partial charge in [0.1, 0.15) is 0 Å². The molecule has 4 nitrogen and oxygen atoms in total. The second kappa shape index (κ2) is 8.86. The quantitative estimate of drug-likeness (QED) is 0.249. The highest BCUT2D eigenvalue weighted by atomic mass is 15.3. The van der Waals surface area contributed by atoms with Crippen molar-refractivity contribution in [1.29, 1.82) is 0 Å². The molecule has 0 atom stereocenters. The van der Waals surface area contributed by atoms with Gasteiger partial charge in [-0.15, -0.1) is 10.2 Å². The van der Waals surface area contributed by atoms with E-state index < -0.39 is 0 Å². The highest BCUT2D eigenvalue weighted by Gasteiger charge is 2.18. The molecular formula is C34H26N4. The van der Waals surface area contributed by atoms with Crippen LogP contribution < -0.4 is 0 Å². The normalized spacial score (nSPS) is 11.4. The smallest absolute Gasteiger partial charge is 0.168 e. The summed E-state index contributed by atoms with van der Waals surface area (Å²) in [4.78, 5) is 0. The number of hydrogen-bond acceptors (Lipinski definition) is 2. The van der Waals surface area contributed by atoms with Gasteiger partial charge in [-0.1, -0.05) is 83.9 Å². The van der Waals surface area contributed by atoms with Crippen LogP contribution in [0.5, 0.6) is 0 Å². The minimum absolute atomic E-state index is 0.823. The summed E-state index contributed by atoms with van der Waals surface area (Å²) in [6, 6.07) is 42.7. The lowest BCUT2D eigenvalue weighted by Crippen LogP contribution is -2.02. The monoisotopic (exact) mass is 490 g/mol. The fourth-order valence-electron chi connectivity index (χ4n) is 5.55. The van der Waals surface area contributed by atoms with Crippen LogP contribution in [0.4, 0.5) is 0 Å². The second-order valence-corrected chi connectivity index (χ2v) is 9.81. The first-order chi connectivity index (χ1) is 18.7. The van der Waals surface area contributed by atoms with Crippen molar-refractivity contribution in [2.75, 3.05) is 0 Å². The van der Waals surface area contributed by atoms with Gasteiger partial charge in [0.2, 0.25) is 0 Å². The molecular weight excluding hydrogens is 464 g/mol. The second-order valence-electron chi connectivity index (χ2n) is 9.81. The molecule has 0 unspecified atom stereocenters. The van der Waals surface area contributed by atoms with Gasteiger partial charge in [0.05, 0.1) is 11.0 Å². The molecule has 0 spiro atoms. The highest BCUT2D eigenvalue weighted by molar-refractivity contribution is 6.09. The van der Waals surface area contributed by atoms with E-state index in [1.165, 1.54) is 32.9 Å². The van der Waals surface area contributed by atoms with Crippen molar-refractivity contribution in [1.82, 2.24) is 19.3 Å². The van der Waals surface area contributed by atoms with E-state index in [9.17, 15) is 0 Å². The zero-order chi connectivity index (χ0) is 25.6. The third-order valence-electron chi connectivity index (χ3n) is 7.12. The van der Waals surface area contributed by atoms with E-state index in [0.717, 1.165) is 34.2 Å². The number of hydrogen-bond donors (Lipinski definition) is 0. The average molecular weight is 491 g/mol. The molecule has 7 rings (SSSR count). The summed E-state index contributed by atoms with van der Waals surface area (Å²) in [6.45, 7) is 4.24. The highest BCUT2D eigenvalue weighted by Crippen LogP contribution is 2.33. The summed E-state index contributed by atoms with van der Waals surface area (Å²) in [7, 11) is 0. The SMILES string of the molecule is Cc1cc(C)cc(-c2nnc(-c3ccccc3)n2-c2ccc(-n3c4ccccc4c4ccccc43)cc2)c1. The van der Waals surface area contributed by atoms with E-state index in [4.69, 9.17) is 0 Å². The Labute approximate surface area is 221 Å². The lowest BCUT2D eigenvalue weighted by Gasteiger charge is -2.14. The van der Waals surface area contributed by atoms with Gasteiger partial charge in [0, 0.05) is 33.3 Å². The number of rotatable bonds is 4. The zero-order valence-corrected chi connectivity index (χ0v) is 21.3. The van der Waals surface area contributed by atoms with Gasteiger partial charge in [0.25, 0.3) is 0 Å². The number of fused-ring (bicyclic) bond motifs is 3. The minimum atomic E-state index is 0.823. The van der Waals surface area contributed by atoms with Crippen molar-refractivity contribution in [2.24, 2.45) is 0 Å². The van der Waals surface area contributed by atoms with Crippen molar-refractivity contribution < 1.29 is 0 Å². The van der Waals surface area contributed by atoms with Crippen LogP contribution in [0.15, 0.2) is 121 Å². The summed E-state index contributed by atoms with van der Waals surface area (Å²) in [5.74, 6) is 1.66. The molecule has 2 aromatic heterocycles. The maximum atomic E-state index is 4.68. The standard InChI is InChI=1S/C34H26N4/c1-23-20-24(2)22-26(21-23)34-36-35-33(25-10-4-3-5-11-25)38(34)28-18-16-27(17-19-28)37-31-14-8-6-12-29(31)30-13-7-9-15-32(30)37/h3-22H,1-2H3. The maximum Gasteiger partial charge on any atom is 0.168 e. The Morgan fingerprint density at radius 1 is 0.447 bits per heavy atom. The molecule has 0 saturated heterocycles. The first-order valence-corrected chi connectivity index (χ1v) is 12.9. The molecule has 7 aromatic rings. The predicted octanol–water partition coefficient (Wildman–Crippen LogP) is 8.32. The van der Waals surface area contributed by atoms with Crippen LogP contribution in [0.3, 0.4) is 0 Å². The van der Waals surface area contributed by atoms with Crippen LogP contribution in [0.1, 0.15) is 11.1 Å². The molecule has 5 aromatic carbocycles. The summed E-state index contributed by atoms with van der Waals surface area (Å²) >= 11 is 0. The van der Waals surface area contributed by atoms with Gasteiger partial charge in [0.15, 0.2) is 11.6 Å². The van der Waals surface area contributed by atoms with E-state index in [-0.39, 0.29) is 0 Å². The summed E-state index contributed by atoms with van der Waals surface area (Å²) in [6.07, 6.45) is 0. The van der Waals surface area contributed by atoms with Gasteiger partial charge in [-0.3, -0.25) is 4.57 Å². The van der Waals surface area contributed by atoms with E-state index in [2.05, 4.69) is 136 Å². The van der Waals surface area contributed by atoms with Crippen molar-refractivity contribution in [3.8, 4) is 34.2 Å². The van der Waals surface area contributed by atoms with E-state index in [1.807, 2.05) is 18.2 Å². The molecule has 0 fully saturated rings. The average Bonchev–Trinajstić information content (AvgIpc) is 3.53. The third-order valence-corrected chi connectivity index (χ3v) is 7.12. The van der Waals surface area contributed by atoms with E-state index in [1.54, 1.807) is 0 Å². The number of benzene rings is 5. The van der Waals surface area contributed by atoms with Gasteiger partial charge in [-0.05, 0) is 62.4 Å². The van der Waals surface area contributed by atoms with Gasteiger partial charge >= 0.3 is 0 Å². The van der Waals surface area contributed by atoms with Crippen molar-refractivity contribution in [2.45, 2.75) is 13.8 Å². The topological polar surface area (TPSA) is 35.6 Å². The third kappa shape index (κ3) is 3.61. The maximum absolute atomic E-state index is 4.68. The molecule has 0 bridgehead atoms. The van der Waals surface area contributed by atoms with Crippen LogP contribution in [0.25, 0.3) is 56.0 Å². The van der Waals surface area contributed by atoms with E-state index in [0.29, 0.717) is 0 Å². The van der Waals surface area contributed by atoms with Crippen molar-refractivity contribution in [3.05, 3.63) is 132 Å². The fourth-order valence-corrected chi connectivity index (χ4v) is 5.55. The molecule has 38 heavy (non-hydrogen) atoms. The van der Waals surface area contributed by atoms with Gasteiger partial charge in [-0.2, -0.15) is 0 Å². The Kier molecular flexibility index (Phi) is 5.19. The largest absolute Gasteiger partial charge is 0.309 e. The number of aryl methyl sites for hydroxylation is 2. The summed E-state index contributed by atoms with van der Waals surface area (Å²) < 4.78 is 4.50. The minimum Gasteiger partial charge on any atom is -0.309 e. The molecule has 0 aliphatic carbocycles. The number of aromatic nitrogens is 4.